The molecular formula is C85H56N2O. The maximum atomic E-state index is 6.93. The van der Waals surface area contributed by atoms with Crippen molar-refractivity contribution in [1.82, 2.24) is 4.57 Å². The Kier molecular flexibility index (Phi) is 12.1. The first-order valence-corrected chi connectivity index (χ1v) is 30.3. The Morgan fingerprint density at radius 3 is 1.55 bits per heavy atom. The summed E-state index contributed by atoms with van der Waals surface area (Å²) in [5.74, 6) is 0. The Morgan fingerprint density at radius 1 is 0.284 bits per heavy atom. The summed E-state index contributed by atoms with van der Waals surface area (Å²) in [7, 11) is 0. The lowest BCUT2D eigenvalue weighted by Crippen LogP contribution is -2.29. The predicted molar refractivity (Wildman–Crippen MR) is 367 cm³/mol. The molecule has 0 bridgehead atoms. The summed E-state index contributed by atoms with van der Waals surface area (Å²) in [6.07, 6.45) is 0. The summed E-state index contributed by atoms with van der Waals surface area (Å²) < 4.78 is 9.31. The molecule has 0 amide bonds. The zero-order valence-electron chi connectivity index (χ0n) is 48.1. The van der Waals surface area contributed by atoms with Gasteiger partial charge >= 0.3 is 0 Å². The van der Waals surface area contributed by atoms with Gasteiger partial charge in [-0.3, -0.25) is 0 Å². The van der Waals surface area contributed by atoms with E-state index in [1.54, 1.807) is 0 Å². The molecule has 3 heteroatoms. The first-order chi connectivity index (χ1) is 43.7. The molecule has 1 aliphatic rings. The Morgan fingerprint density at radius 2 is 0.784 bits per heavy atom. The third kappa shape index (κ3) is 8.12. The van der Waals surface area contributed by atoms with Crippen LogP contribution in [0, 0.1) is 0 Å². The molecule has 0 radical (unpaired) electrons. The lowest BCUT2D eigenvalue weighted by atomic mass is 9.65. The minimum atomic E-state index is -0.719. The Bertz CT molecular complexity index is 5310. The van der Waals surface area contributed by atoms with Gasteiger partial charge in [0.15, 0.2) is 0 Å². The molecule has 0 saturated heterocycles. The van der Waals surface area contributed by atoms with Crippen molar-refractivity contribution in [2.24, 2.45) is 0 Å². The van der Waals surface area contributed by atoms with Gasteiger partial charge in [-0.25, -0.2) is 0 Å². The van der Waals surface area contributed by atoms with E-state index in [9.17, 15) is 0 Å². The highest BCUT2D eigenvalue weighted by Gasteiger charge is 2.48. The number of nitrogens with zero attached hydrogens (tertiary/aromatic N) is 2. The van der Waals surface area contributed by atoms with Gasteiger partial charge in [-0.2, -0.15) is 0 Å². The van der Waals surface area contributed by atoms with Gasteiger partial charge in [0.25, 0.3) is 0 Å². The van der Waals surface area contributed by atoms with Crippen LogP contribution in [0.5, 0.6) is 0 Å². The van der Waals surface area contributed by atoms with Crippen LogP contribution in [0.3, 0.4) is 0 Å². The van der Waals surface area contributed by atoms with Crippen molar-refractivity contribution in [3.8, 4) is 72.4 Å². The number of benzene rings is 14. The van der Waals surface area contributed by atoms with Gasteiger partial charge in [0.05, 0.1) is 33.2 Å². The molecule has 0 spiro atoms. The Balaban J connectivity index is 0.890. The highest BCUT2D eigenvalue weighted by molar-refractivity contribution is 6.16. The van der Waals surface area contributed by atoms with E-state index in [0.717, 1.165) is 72.5 Å². The maximum Gasteiger partial charge on any atom is 0.137 e. The van der Waals surface area contributed by atoms with Gasteiger partial charge in [0.1, 0.15) is 11.2 Å². The Hall–Kier alpha value is -11.5. The average Bonchev–Trinajstić information content (AvgIpc) is 1.60. The van der Waals surface area contributed by atoms with Crippen molar-refractivity contribution in [3.05, 3.63) is 362 Å². The van der Waals surface area contributed by atoms with Crippen LogP contribution in [0.25, 0.3) is 116 Å². The van der Waals surface area contributed by atoms with Crippen LogP contribution in [0.1, 0.15) is 22.3 Å². The molecule has 16 aromatic rings. The lowest BCUT2D eigenvalue weighted by Gasteiger charge is -2.36. The van der Waals surface area contributed by atoms with Crippen LogP contribution in [0.15, 0.2) is 344 Å². The molecular weight excluding hydrogens is 1060 g/mol. The number of hydrogen-bond donors (Lipinski definition) is 0. The van der Waals surface area contributed by atoms with Crippen molar-refractivity contribution in [2.45, 2.75) is 5.41 Å². The summed E-state index contributed by atoms with van der Waals surface area (Å²) >= 11 is 0. The van der Waals surface area contributed by atoms with Crippen molar-refractivity contribution in [3.63, 3.8) is 0 Å². The molecule has 0 N–H and O–H groups in total. The summed E-state index contributed by atoms with van der Waals surface area (Å²) in [6, 6.07) is 125. The molecule has 0 aliphatic heterocycles. The van der Waals surface area contributed by atoms with Crippen LogP contribution in [-0.4, -0.2) is 4.57 Å². The third-order valence-corrected chi connectivity index (χ3v) is 18.3. The summed E-state index contributed by atoms with van der Waals surface area (Å²) in [4.78, 5) is 2.47. The quantitative estimate of drug-likeness (QED) is 0.129. The van der Waals surface area contributed by atoms with Gasteiger partial charge in [-0.05, 0) is 162 Å². The van der Waals surface area contributed by atoms with E-state index >= 15 is 0 Å². The fourth-order valence-corrected chi connectivity index (χ4v) is 14.5. The zero-order chi connectivity index (χ0) is 58.1. The fraction of sp³-hybridized carbons (Fsp3) is 0.0118. The average molecular weight is 1120 g/mol. The first kappa shape index (κ1) is 50.9. The van der Waals surface area contributed by atoms with E-state index in [-0.39, 0.29) is 0 Å². The van der Waals surface area contributed by atoms with Gasteiger partial charge in [0, 0.05) is 33.1 Å². The largest absolute Gasteiger partial charge is 0.456 e. The summed E-state index contributed by atoms with van der Waals surface area (Å²) in [5, 5.41) is 4.53. The number of para-hydroxylation sites is 3. The van der Waals surface area contributed by atoms with Gasteiger partial charge in [-0.15, -0.1) is 0 Å². The molecule has 14 aromatic carbocycles. The summed E-state index contributed by atoms with van der Waals surface area (Å²) in [6.45, 7) is 0. The second-order valence-corrected chi connectivity index (χ2v) is 23.0. The second-order valence-electron chi connectivity index (χ2n) is 23.0. The van der Waals surface area contributed by atoms with E-state index in [2.05, 4.69) is 349 Å². The standard InChI is InChI=1S/C85H56N2O/c1-5-24-57(25-6-1)59-46-50-66(51-47-59)87(80-44-23-45-82-84(80)73-56-63(49-53-81(73)88-82)62-48-52-79-72(55-62)69-36-16-20-43-78(69)86(79)65-32-11-4-12-33-65)77-42-19-15-35-68(77)70-38-22-41-76-83(70)71-37-14-18-40-75(71)85(76,64-31-21-30-61(54-64)58-26-7-2-8-27-58)74-39-17-13-34-67(74)60-28-9-3-10-29-60/h1-56H. The van der Waals surface area contributed by atoms with Crippen LogP contribution in [0.2, 0.25) is 0 Å². The molecule has 412 valence electrons. The van der Waals surface area contributed by atoms with E-state index in [1.165, 1.54) is 83.0 Å². The number of furan rings is 1. The predicted octanol–water partition coefficient (Wildman–Crippen LogP) is 22.9. The van der Waals surface area contributed by atoms with Gasteiger partial charge in [-0.1, -0.05) is 261 Å². The summed E-state index contributed by atoms with van der Waals surface area (Å²) in [5.41, 5.74) is 26.5. The molecule has 1 unspecified atom stereocenters. The van der Waals surface area contributed by atoms with Crippen LogP contribution in [0.4, 0.5) is 17.1 Å². The molecule has 2 heterocycles. The Labute approximate surface area is 511 Å². The number of aromatic nitrogens is 1. The molecule has 2 aromatic heterocycles. The molecule has 17 rings (SSSR count). The number of hydrogen-bond acceptors (Lipinski definition) is 2. The monoisotopic (exact) mass is 1120 g/mol. The topological polar surface area (TPSA) is 21.3 Å². The molecule has 1 atom stereocenters. The smallest absolute Gasteiger partial charge is 0.137 e. The first-order valence-electron chi connectivity index (χ1n) is 30.3. The van der Waals surface area contributed by atoms with Gasteiger partial charge < -0.3 is 13.9 Å². The second kappa shape index (κ2) is 20.9. The molecule has 0 fully saturated rings. The molecule has 1 aliphatic carbocycles. The van der Waals surface area contributed by atoms with Crippen molar-refractivity contribution in [1.29, 1.82) is 0 Å². The molecule has 88 heavy (non-hydrogen) atoms. The number of anilines is 3. The lowest BCUT2D eigenvalue weighted by molar-refractivity contribution is 0.669. The number of rotatable bonds is 11. The van der Waals surface area contributed by atoms with E-state index in [4.69, 9.17) is 4.42 Å². The fourth-order valence-electron chi connectivity index (χ4n) is 14.5. The van der Waals surface area contributed by atoms with E-state index < -0.39 is 5.41 Å². The maximum absolute atomic E-state index is 6.93. The normalized spacial score (nSPS) is 13.5. The minimum absolute atomic E-state index is 0.719. The molecule has 3 nitrogen and oxygen atoms in total. The van der Waals surface area contributed by atoms with Gasteiger partial charge in [0.2, 0.25) is 0 Å². The highest BCUT2D eigenvalue weighted by atomic mass is 16.3. The molecule has 0 saturated carbocycles. The minimum Gasteiger partial charge on any atom is -0.456 e. The van der Waals surface area contributed by atoms with Crippen LogP contribution in [-0.2, 0) is 5.41 Å². The van der Waals surface area contributed by atoms with E-state index in [0.29, 0.717) is 0 Å². The zero-order valence-corrected chi connectivity index (χ0v) is 48.1. The van der Waals surface area contributed by atoms with Crippen LogP contribution < -0.4 is 4.90 Å². The highest BCUT2D eigenvalue weighted by Crippen LogP contribution is 2.61. The van der Waals surface area contributed by atoms with Crippen molar-refractivity contribution in [2.75, 3.05) is 4.90 Å². The van der Waals surface area contributed by atoms with Crippen molar-refractivity contribution < 1.29 is 4.42 Å². The van der Waals surface area contributed by atoms with Crippen molar-refractivity contribution >= 4 is 60.8 Å². The third-order valence-electron chi connectivity index (χ3n) is 18.3. The SMILES string of the molecule is c1ccc(-c2ccc(N(c3ccccc3-c3cccc4c3-c3ccccc3C4(c3cccc(-c4ccccc4)c3)c3ccccc3-c3ccccc3)c3cccc4oc5ccc(-c6ccc7c(c6)c6ccccc6n7-c6ccccc6)cc5c34)cc2)cc1. The van der Waals surface area contributed by atoms with E-state index in [1.807, 2.05) is 0 Å². The number of fused-ring (bicyclic) bond motifs is 9. The van der Waals surface area contributed by atoms with Crippen LogP contribution >= 0.6 is 0 Å².